The predicted octanol–water partition coefficient (Wildman–Crippen LogP) is 1.15. The molecule has 0 aromatic heterocycles. The van der Waals surface area contributed by atoms with Gasteiger partial charge in [-0.2, -0.15) is 5.26 Å². The van der Waals surface area contributed by atoms with Crippen LogP contribution in [0.25, 0.3) is 0 Å². The van der Waals surface area contributed by atoms with Crippen molar-refractivity contribution < 1.29 is 17.5 Å². The Morgan fingerprint density at radius 1 is 1.53 bits per heavy atom. The van der Waals surface area contributed by atoms with E-state index in [1.54, 1.807) is 13.0 Å². The van der Waals surface area contributed by atoms with Gasteiger partial charge in [0, 0.05) is 6.61 Å². The maximum Gasteiger partial charge on any atom is 0.241 e. The minimum Gasteiger partial charge on any atom is -0.379 e. The molecule has 0 aliphatic carbocycles. The van der Waals surface area contributed by atoms with Gasteiger partial charge < -0.3 is 4.74 Å². The number of benzene rings is 1. The molecule has 2 rings (SSSR count). The molecule has 1 aliphatic rings. The van der Waals surface area contributed by atoms with Crippen LogP contribution in [0.15, 0.2) is 23.1 Å². The van der Waals surface area contributed by atoms with Crippen LogP contribution >= 0.6 is 0 Å². The quantitative estimate of drug-likeness (QED) is 0.903. The van der Waals surface area contributed by atoms with Gasteiger partial charge in [-0.1, -0.05) is 0 Å². The van der Waals surface area contributed by atoms with Crippen molar-refractivity contribution >= 4 is 10.0 Å². The molecule has 1 heterocycles. The topological polar surface area (TPSA) is 79.2 Å². The number of nitriles is 1. The van der Waals surface area contributed by atoms with Crippen LogP contribution in [0.3, 0.4) is 0 Å². The molecule has 1 N–H and O–H groups in total. The first-order valence-corrected chi connectivity index (χ1v) is 7.16. The summed E-state index contributed by atoms with van der Waals surface area (Å²) in [6.45, 7) is 2.52. The molecule has 0 radical (unpaired) electrons. The van der Waals surface area contributed by atoms with Gasteiger partial charge in [0.1, 0.15) is 11.9 Å². The first-order valence-electron chi connectivity index (χ1n) is 5.68. The van der Waals surface area contributed by atoms with Crippen molar-refractivity contribution in [3.8, 4) is 6.07 Å². The van der Waals surface area contributed by atoms with Gasteiger partial charge in [-0.3, -0.25) is 0 Å². The summed E-state index contributed by atoms with van der Waals surface area (Å²) in [7, 11) is -3.80. The molecule has 7 heteroatoms. The predicted molar refractivity (Wildman–Crippen MR) is 65.3 cm³/mol. The van der Waals surface area contributed by atoms with Gasteiger partial charge in [-0.05, 0) is 31.5 Å². The molecule has 1 aliphatic heterocycles. The normalized spacial score (nSPS) is 23.2. The maximum absolute atomic E-state index is 13.2. The Kier molecular flexibility index (Phi) is 3.58. The van der Waals surface area contributed by atoms with Crippen molar-refractivity contribution in [1.29, 1.82) is 5.26 Å². The van der Waals surface area contributed by atoms with Crippen molar-refractivity contribution in [2.45, 2.75) is 23.8 Å². The molecule has 1 fully saturated rings. The van der Waals surface area contributed by atoms with Gasteiger partial charge in [0.15, 0.2) is 0 Å². The van der Waals surface area contributed by atoms with E-state index in [4.69, 9.17) is 10.00 Å². The molecular formula is C12H13FN2O3S. The zero-order valence-corrected chi connectivity index (χ0v) is 11.1. The molecule has 1 saturated heterocycles. The van der Waals surface area contributed by atoms with E-state index in [2.05, 4.69) is 4.72 Å². The Balaban J connectivity index is 2.32. The number of hydrogen-bond acceptors (Lipinski definition) is 4. The molecule has 1 atom stereocenters. The van der Waals surface area contributed by atoms with E-state index < -0.39 is 21.4 Å². The van der Waals surface area contributed by atoms with Crippen LogP contribution in [-0.4, -0.2) is 27.2 Å². The molecule has 102 valence electrons. The van der Waals surface area contributed by atoms with Gasteiger partial charge in [-0.25, -0.2) is 17.5 Å². The Bertz CT molecular complexity index is 631. The van der Waals surface area contributed by atoms with Crippen molar-refractivity contribution in [1.82, 2.24) is 4.72 Å². The first kappa shape index (κ1) is 13.9. The van der Waals surface area contributed by atoms with E-state index in [1.807, 2.05) is 0 Å². The summed E-state index contributed by atoms with van der Waals surface area (Å²) in [4.78, 5) is -0.126. The molecule has 5 nitrogen and oxygen atoms in total. The second kappa shape index (κ2) is 4.89. The fourth-order valence-corrected chi connectivity index (χ4v) is 3.34. The lowest BCUT2D eigenvalue weighted by Gasteiger charge is -2.23. The molecule has 0 bridgehead atoms. The monoisotopic (exact) mass is 284 g/mol. The number of sulfonamides is 1. The minimum atomic E-state index is -3.80. The van der Waals surface area contributed by atoms with Crippen LogP contribution in [0.2, 0.25) is 0 Å². The Morgan fingerprint density at radius 3 is 2.84 bits per heavy atom. The van der Waals surface area contributed by atoms with E-state index in [1.165, 1.54) is 0 Å². The highest BCUT2D eigenvalue weighted by molar-refractivity contribution is 7.89. The summed E-state index contributed by atoms with van der Waals surface area (Å²) >= 11 is 0. The highest BCUT2D eigenvalue weighted by Gasteiger charge is 2.34. The van der Waals surface area contributed by atoms with Crippen LogP contribution < -0.4 is 4.72 Å². The SMILES string of the molecule is CC1(NS(=O)(=O)c2ccc(F)c(C#N)c2)CCOC1. The van der Waals surface area contributed by atoms with Crippen molar-refractivity contribution in [2.75, 3.05) is 13.2 Å². The lowest BCUT2D eigenvalue weighted by molar-refractivity contribution is 0.178. The summed E-state index contributed by atoms with van der Waals surface area (Å²) < 4.78 is 45.2. The molecular weight excluding hydrogens is 271 g/mol. The minimum absolute atomic E-state index is 0.126. The fourth-order valence-electron chi connectivity index (χ4n) is 1.89. The van der Waals surface area contributed by atoms with Crippen molar-refractivity contribution in [2.24, 2.45) is 0 Å². The van der Waals surface area contributed by atoms with E-state index in [-0.39, 0.29) is 10.5 Å². The second-order valence-electron chi connectivity index (χ2n) is 4.72. The largest absolute Gasteiger partial charge is 0.379 e. The number of hydrogen-bond donors (Lipinski definition) is 1. The summed E-state index contributed by atoms with van der Waals surface area (Å²) in [5.41, 5.74) is -0.962. The number of nitrogens with zero attached hydrogens (tertiary/aromatic N) is 1. The summed E-state index contributed by atoms with van der Waals surface area (Å²) in [5, 5.41) is 8.72. The average Bonchev–Trinajstić information content (AvgIpc) is 2.75. The summed E-state index contributed by atoms with van der Waals surface area (Å²) in [6, 6.07) is 4.75. The van der Waals surface area contributed by atoms with Crippen molar-refractivity contribution in [3.63, 3.8) is 0 Å². The van der Waals surface area contributed by atoms with E-state index in [0.717, 1.165) is 18.2 Å². The Labute approximate surface area is 111 Å². The Morgan fingerprint density at radius 2 is 2.26 bits per heavy atom. The number of ether oxygens (including phenoxy) is 1. The van der Waals surface area contributed by atoms with Crippen LogP contribution in [0.1, 0.15) is 18.9 Å². The van der Waals surface area contributed by atoms with Gasteiger partial charge in [0.2, 0.25) is 10.0 Å². The van der Waals surface area contributed by atoms with E-state index in [9.17, 15) is 12.8 Å². The molecule has 1 aromatic rings. The van der Waals surface area contributed by atoms with Crippen molar-refractivity contribution in [3.05, 3.63) is 29.6 Å². The molecule has 0 spiro atoms. The molecule has 1 aromatic carbocycles. The number of halogens is 1. The third-order valence-electron chi connectivity index (χ3n) is 2.97. The average molecular weight is 284 g/mol. The molecule has 0 saturated carbocycles. The van der Waals surface area contributed by atoms with E-state index >= 15 is 0 Å². The molecule has 19 heavy (non-hydrogen) atoms. The third-order valence-corrected chi connectivity index (χ3v) is 4.60. The Hall–Kier alpha value is -1.49. The highest BCUT2D eigenvalue weighted by atomic mass is 32.2. The van der Waals surface area contributed by atoms with Gasteiger partial charge in [0.05, 0.1) is 22.6 Å². The zero-order valence-electron chi connectivity index (χ0n) is 10.3. The van der Waals surface area contributed by atoms with Crippen LogP contribution in [0.4, 0.5) is 4.39 Å². The summed E-state index contributed by atoms with van der Waals surface area (Å²) in [5.74, 6) is -0.739. The van der Waals surface area contributed by atoms with Gasteiger partial charge >= 0.3 is 0 Å². The van der Waals surface area contributed by atoms with Crippen LogP contribution in [0, 0.1) is 17.1 Å². The lowest BCUT2D eigenvalue weighted by atomic mass is 10.0. The van der Waals surface area contributed by atoms with Gasteiger partial charge in [0.25, 0.3) is 0 Å². The smallest absolute Gasteiger partial charge is 0.241 e. The van der Waals surface area contributed by atoms with Crippen LogP contribution in [0.5, 0.6) is 0 Å². The zero-order chi connectivity index (χ0) is 14.1. The lowest BCUT2D eigenvalue weighted by Crippen LogP contribution is -2.46. The summed E-state index contributed by atoms with van der Waals surface area (Å²) in [6.07, 6.45) is 0.568. The van der Waals surface area contributed by atoms with Gasteiger partial charge in [-0.15, -0.1) is 0 Å². The number of rotatable bonds is 3. The van der Waals surface area contributed by atoms with Crippen LogP contribution in [-0.2, 0) is 14.8 Å². The fraction of sp³-hybridized carbons (Fsp3) is 0.417. The first-order chi connectivity index (χ1) is 8.86. The second-order valence-corrected chi connectivity index (χ2v) is 6.40. The standard InChI is InChI=1S/C12H13FN2O3S/c1-12(4-5-18-8-12)15-19(16,17)10-2-3-11(13)9(6-10)7-14/h2-3,6,15H,4-5,8H2,1H3. The highest BCUT2D eigenvalue weighted by Crippen LogP contribution is 2.22. The number of nitrogens with one attached hydrogen (secondary N) is 1. The molecule has 0 amide bonds. The molecule has 1 unspecified atom stereocenters. The third kappa shape index (κ3) is 2.92. The van der Waals surface area contributed by atoms with E-state index in [0.29, 0.717) is 19.6 Å². The maximum atomic E-state index is 13.2.